The smallest absolute Gasteiger partial charge is 0.115 e. The van der Waals surface area contributed by atoms with Gasteiger partial charge >= 0.3 is 0 Å². The number of phenolic OH excluding ortho intramolecular Hbond substituents is 1. The molecule has 1 aliphatic heterocycles. The Balaban J connectivity index is 1.64. The zero-order valence-electron chi connectivity index (χ0n) is 17.4. The van der Waals surface area contributed by atoms with E-state index < -0.39 is 0 Å². The van der Waals surface area contributed by atoms with Crippen molar-refractivity contribution in [1.29, 1.82) is 0 Å². The molecule has 1 saturated heterocycles. The van der Waals surface area contributed by atoms with Crippen LogP contribution in [0.15, 0.2) is 42.5 Å². The molecule has 2 aromatic carbocycles. The van der Waals surface area contributed by atoms with Gasteiger partial charge in [-0.3, -0.25) is 4.90 Å². The molecular weight excluding hydrogens is 344 g/mol. The van der Waals surface area contributed by atoms with Gasteiger partial charge in [0.15, 0.2) is 0 Å². The van der Waals surface area contributed by atoms with Crippen molar-refractivity contribution < 1.29 is 5.11 Å². The Hall–Kier alpha value is -1.84. The molecule has 28 heavy (non-hydrogen) atoms. The van der Waals surface area contributed by atoms with Crippen LogP contribution in [0.1, 0.15) is 61.3 Å². The molecule has 1 unspecified atom stereocenters. The number of piperidine rings is 1. The lowest BCUT2D eigenvalue weighted by Gasteiger charge is -2.45. The number of aromatic hydroxyl groups is 1. The van der Waals surface area contributed by atoms with E-state index >= 15 is 0 Å². The summed E-state index contributed by atoms with van der Waals surface area (Å²) in [6.45, 7) is 9.90. The van der Waals surface area contributed by atoms with Crippen LogP contribution in [0.2, 0.25) is 0 Å². The van der Waals surface area contributed by atoms with E-state index in [1.165, 1.54) is 41.5 Å². The molecule has 0 saturated carbocycles. The van der Waals surface area contributed by atoms with E-state index in [2.05, 4.69) is 54.4 Å². The maximum absolute atomic E-state index is 10.1. The number of fused-ring (bicyclic) bond motifs is 1. The Morgan fingerprint density at radius 1 is 1.04 bits per heavy atom. The second-order valence-electron chi connectivity index (χ2n) is 8.77. The lowest BCUT2D eigenvalue weighted by atomic mass is 9.61. The van der Waals surface area contributed by atoms with Crippen molar-refractivity contribution in [2.24, 2.45) is 5.41 Å². The predicted octanol–water partition coefficient (Wildman–Crippen LogP) is 4.68. The molecule has 3 heteroatoms. The number of hydrogen-bond donors (Lipinski definition) is 2. The van der Waals surface area contributed by atoms with E-state index in [4.69, 9.17) is 0 Å². The quantitative estimate of drug-likeness (QED) is 0.793. The first-order valence-electron chi connectivity index (χ1n) is 11.0. The molecule has 1 spiro atoms. The topological polar surface area (TPSA) is 35.5 Å². The fourth-order valence-corrected chi connectivity index (χ4v) is 5.28. The largest absolute Gasteiger partial charge is 0.508 e. The van der Waals surface area contributed by atoms with Crippen LogP contribution < -0.4 is 5.32 Å². The van der Waals surface area contributed by atoms with E-state index in [-0.39, 0.29) is 0 Å². The molecule has 1 fully saturated rings. The number of phenols is 1. The summed E-state index contributed by atoms with van der Waals surface area (Å²) in [5.74, 6) is 0.777. The van der Waals surface area contributed by atoms with Crippen LogP contribution in [0, 0.1) is 5.41 Å². The third-order valence-electron chi connectivity index (χ3n) is 7.05. The molecule has 0 bridgehead atoms. The van der Waals surface area contributed by atoms with E-state index in [9.17, 15) is 5.11 Å². The third-order valence-corrected chi connectivity index (χ3v) is 7.05. The minimum atomic E-state index is 0.386. The van der Waals surface area contributed by atoms with Gasteiger partial charge in [-0.05, 0) is 91.7 Å². The maximum atomic E-state index is 10.1. The minimum Gasteiger partial charge on any atom is -0.508 e. The monoisotopic (exact) mass is 378 g/mol. The van der Waals surface area contributed by atoms with Crippen LogP contribution in [0.5, 0.6) is 5.75 Å². The second-order valence-corrected chi connectivity index (χ2v) is 8.77. The standard InChI is InChI=1S/C25H34N2O/c1-3-27(4-2)18-19-5-7-20(8-6-19)24-17-25(11-13-26-14-12-25)16-21-9-10-22(28)15-23(21)24/h5-10,15,24,26,28H,3-4,11-14,16-18H2,1-2H3. The van der Waals surface area contributed by atoms with E-state index in [1.54, 1.807) is 0 Å². The third kappa shape index (κ3) is 3.97. The highest BCUT2D eigenvalue weighted by atomic mass is 16.3. The Labute approximate surface area is 169 Å². The minimum absolute atomic E-state index is 0.386. The molecule has 2 aromatic rings. The van der Waals surface area contributed by atoms with Crippen molar-refractivity contribution in [2.45, 2.75) is 52.0 Å². The van der Waals surface area contributed by atoms with Crippen molar-refractivity contribution in [1.82, 2.24) is 10.2 Å². The van der Waals surface area contributed by atoms with Crippen LogP contribution in [0.3, 0.4) is 0 Å². The first-order valence-corrected chi connectivity index (χ1v) is 11.0. The van der Waals surface area contributed by atoms with Crippen LogP contribution >= 0.6 is 0 Å². The maximum Gasteiger partial charge on any atom is 0.115 e. The van der Waals surface area contributed by atoms with Gasteiger partial charge in [0.2, 0.25) is 0 Å². The molecule has 0 amide bonds. The zero-order chi connectivity index (χ0) is 19.6. The van der Waals surface area contributed by atoms with Gasteiger partial charge in [-0.2, -0.15) is 0 Å². The average molecular weight is 379 g/mol. The fraction of sp³-hybridized carbons (Fsp3) is 0.520. The van der Waals surface area contributed by atoms with Crippen molar-refractivity contribution in [2.75, 3.05) is 26.2 Å². The van der Waals surface area contributed by atoms with Gasteiger partial charge < -0.3 is 10.4 Å². The van der Waals surface area contributed by atoms with Crippen LogP contribution in [0.4, 0.5) is 0 Å². The van der Waals surface area contributed by atoms with Gasteiger partial charge in [-0.25, -0.2) is 0 Å². The Morgan fingerprint density at radius 3 is 2.43 bits per heavy atom. The predicted molar refractivity (Wildman–Crippen MR) is 116 cm³/mol. The summed E-state index contributed by atoms with van der Waals surface area (Å²) in [5, 5.41) is 13.7. The van der Waals surface area contributed by atoms with Gasteiger partial charge in [0.1, 0.15) is 5.75 Å². The van der Waals surface area contributed by atoms with Crippen LogP contribution in [-0.2, 0) is 13.0 Å². The summed E-state index contributed by atoms with van der Waals surface area (Å²) in [5.41, 5.74) is 5.95. The number of nitrogens with zero attached hydrogens (tertiary/aromatic N) is 1. The molecule has 0 radical (unpaired) electrons. The number of benzene rings is 2. The van der Waals surface area contributed by atoms with E-state index in [0.717, 1.165) is 39.1 Å². The van der Waals surface area contributed by atoms with Gasteiger partial charge in [-0.1, -0.05) is 44.2 Å². The molecule has 2 aliphatic rings. The molecule has 0 aromatic heterocycles. The molecular formula is C25H34N2O. The fourth-order valence-electron chi connectivity index (χ4n) is 5.28. The lowest BCUT2D eigenvalue weighted by Crippen LogP contribution is -2.41. The molecule has 150 valence electrons. The van der Waals surface area contributed by atoms with E-state index in [1.807, 2.05) is 12.1 Å². The highest BCUT2D eigenvalue weighted by Gasteiger charge is 2.40. The van der Waals surface area contributed by atoms with Gasteiger partial charge in [0.05, 0.1) is 0 Å². The lowest BCUT2D eigenvalue weighted by molar-refractivity contribution is 0.164. The summed E-state index contributed by atoms with van der Waals surface area (Å²) in [7, 11) is 0. The second kappa shape index (κ2) is 8.26. The van der Waals surface area contributed by atoms with Crippen LogP contribution in [0.25, 0.3) is 0 Å². The Morgan fingerprint density at radius 2 is 1.75 bits per heavy atom. The Bertz CT molecular complexity index is 789. The normalized spacial score (nSPS) is 21.0. The molecule has 1 aliphatic carbocycles. The summed E-state index contributed by atoms with van der Waals surface area (Å²) in [6, 6.07) is 15.3. The number of hydrogen-bond acceptors (Lipinski definition) is 3. The average Bonchev–Trinajstić information content (AvgIpc) is 2.73. The number of rotatable bonds is 5. The first-order chi connectivity index (χ1) is 13.6. The molecule has 3 nitrogen and oxygen atoms in total. The van der Waals surface area contributed by atoms with Crippen molar-refractivity contribution in [3.63, 3.8) is 0 Å². The number of nitrogens with one attached hydrogen (secondary N) is 1. The van der Waals surface area contributed by atoms with E-state index in [0.29, 0.717) is 17.1 Å². The molecule has 4 rings (SSSR count). The molecule has 1 atom stereocenters. The van der Waals surface area contributed by atoms with Crippen molar-refractivity contribution in [3.05, 3.63) is 64.7 Å². The highest BCUT2D eigenvalue weighted by molar-refractivity contribution is 5.45. The van der Waals surface area contributed by atoms with Crippen molar-refractivity contribution >= 4 is 0 Å². The van der Waals surface area contributed by atoms with Gasteiger partial charge in [-0.15, -0.1) is 0 Å². The summed E-state index contributed by atoms with van der Waals surface area (Å²) >= 11 is 0. The SMILES string of the molecule is CCN(CC)Cc1ccc(C2CC3(CCNCC3)Cc3ccc(O)cc32)cc1. The summed E-state index contributed by atoms with van der Waals surface area (Å²) in [6.07, 6.45) is 4.86. The Kier molecular flexibility index (Phi) is 5.75. The molecule has 2 N–H and O–H groups in total. The highest BCUT2D eigenvalue weighted by Crippen LogP contribution is 2.50. The van der Waals surface area contributed by atoms with Crippen LogP contribution in [-0.4, -0.2) is 36.2 Å². The first kappa shape index (κ1) is 19.5. The van der Waals surface area contributed by atoms with Gasteiger partial charge in [0, 0.05) is 12.5 Å². The summed E-state index contributed by atoms with van der Waals surface area (Å²) < 4.78 is 0. The zero-order valence-corrected chi connectivity index (χ0v) is 17.4. The van der Waals surface area contributed by atoms with Crippen molar-refractivity contribution in [3.8, 4) is 5.75 Å². The van der Waals surface area contributed by atoms with Gasteiger partial charge in [0.25, 0.3) is 0 Å². The summed E-state index contributed by atoms with van der Waals surface area (Å²) in [4.78, 5) is 2.45. The molecule has 1 heterocycles.